The second-order valence-corrected chi connectivity index (χ2v) is 7.48. The Bertz CT molecular complexity index is 608. The number of rotatable bonds is 15. The van der Waals surface area contributed by atoms with E-state index in [2.05, 4.69) is 0 Å². The number of aliphatic hydroxyl groups is 15. The molecule has 0 aromatic carbocycles. The van der Waals surface area contributed by atoms with E-state index in [9.17, 15) is 29.7 Å². The Labute approximate surface area is 265 Å². The first-order valence-corrected chi connectivity index (χ1v) is 10.4. The predicted molar refractivity (Wildman–Crippen MR) is 108 cm³/mol. The topological polar surface area (TPSA) is 424 Å². The molecule has 15 N–H and O–H groups in total. The molecule has 0 radical (unpaired) electrons. The molecule has 0 spiro atoms. The van der Waals surface area contributed by atoms with Crippen LogP contribution in [0.1, 0.15) is 0 Å². The van der Waals surface area contributed by atoms with Gasteiger partial charge in [0.05, 0.1) is 37.7 Å². The molecule has 0 aromatic rings. The number of hydrogen-bond donors (Lipinski definition) is 15. The average Bonchev–Trinajstić information content (AvgIpc) is 2.92. The monoisotopic (exact) mass is 738 g/mol. The summed E-state index contributed by atoms with van der Waals surface area (Å²) in [5.74, 6) is -5.93. The molecule has 0 saturated heterocycles. The van der Waals surface area contributed by atoms with E-state index in [1.807, 2.05) is 0 Å². The van der Waals surface area contributed by atoms with Gasteiger partial charge in [-0.25, -0.2) is 0 Å². The third kappa shape index (κ3) is 17.4. The number of carbonyl (C=O) groups is 3. The van der Waals surface area contributed by atoms with Crippen LogP contribution in [0.15, 0.2) is 0 Å². The number of carboxylic acid groups (broad SMARTS) is 3. The minimum Gasteiger partial charge on any atom is -0.547 e. The summed E-state index contributed by atoms with van der Waals surface area (Å²) in [7, 11) is 0. The van der Waals surface area contributed by atoms with Crippen LogP contribution in [0, 0.1) is 49.4 Å². The van der Waals surface area contributed by atoms with E-state index in [4.69, 9.17) is 76.6 Å². The van der Waals surface area contributed by atoms with Crippen molar-refractivity contribution in [2.75, 3.05) is 19.8 Å². The van der Waals surface area contributed by atoms with Gasteiger partial charge >= 0.3 is 49.4 Å². The van der Waals surface area contributed by atoms with Crippen molar-refractivity contribution in [1.29, 1.82) is 0 Å². The van der Waals surface area contributed by atoms with Gasteiger partial charge in [0.1, 0.15) is 73.2 Å². The molecule has 0 unspecified atom stereocenters. The zero-order valence-electron chi connectivity index (χ0n) is 20.1. The largest absolute Gasteiger partial charge is 3.00 e. The molecule has 238 valence electrons. The molecular formula is C18H33EuO21. The van der Waals surface area contributed by atoms with Gasteiger partial charge in [0.15, 0.2) is 0 Å². The molecule has 0 amide bonds. The summed E-state index contributed by atoms with van der Waals surface area (Å²) < 4.78 is 0. The van der Waals surface area contributed by atoms with E-state index in [1.165, 1.54) is 0 Å². The summed E-state index contributed by atoms with van der Waals surface area (Å²) in [6, 6.07) is 0. The van der Waals surface area contributed by atoms with E-state index < -0.39 is 111 Å². The normalized spacial score (nSPS) is 19.9. The molecule has 40 heavy (non-hydrogen) atoms. The molecule has 0 aliphatic rings. The number of aliphatic carboxylic acids is 3. The van der Waals surface area contributed by atoms with Gasteiger partial charge in [-0.15, -0.1) is 0 Å². The molecule has 0 fully saturated rings. The van der Waals surface area contributed by atoms with Crippen molar-refractivity contribution in [1.82, 2.24) is 0 Å². The first-order chi connectivity index (χ1) is 17.7. The van der Waals surface area contributed by atoms with Crippen LogP contribution in [0.5, 0.6) is 0 Å². The molecule has 0 rings (SSSR count). The second-order valence-electron chi connectivity index (χ2n) is 7.48. The van der Waals surface area contributed by atoms with Crippen LogP contribution >= 0.6 is 0 Å². The SMILES string of the molecule is O=C([O-])[C@H](O)[C@@H](O)[C@H](O)[C@H](O)CO.O=C([O-])[C@H](O)[C@@H](O)[C@H](O)[C@H](O)CO.O=C([O-])[C@H](O)[C@@H](O)[C@H](O)[C@H](O)CO.[Eu+3]. The summed E-state index contributed by atoms with van der Waals surface area (Å²) in [5.41, 5.74) is 0. The van der Waals surface area contributed by atoms with Crippen LogP contribution in [-0.2, 0) is 14.4 Å². The summed E-state index contributed by atoms with van der Waals surface area (Å²) >= 11 is 0. The first kappa shape index (κ1) is 46.4. The van der Waals surface area contributed by atoms with Crippen LogP contribution in [0.4, 0.5) is 0 Å². The second kappa shape index (κ2) is 23.9. The van der Waals surface area contributed by atoms with Crippen LogP contribution in [0.2, 0.25) is 0 Å². The standard InChI is InChI=1S/3C6H12O7.Eu/c3*7-1-2(8)3(9)4(10)5(11)6(12)13;/h3*2-5,7-11H,1H2,(H,12,13);/q;;;+3/p-3/t3*2-,3-,4+,5-;/m111./s1. The van der Waals surface area contributed by atoms with E-state index in [-0.39, 0.29) is 49.4 Å². The average molecular weight is 737 g/mol. The molecular weight excluding hydrogens is 704 g/mol. The summed E-state index contributed by atoms with van der Waals surface area (Å²) in [6.07, 6.45) is -24.2. The van der Waals surface area contributed by atoms with Crippen molar-refractivity contribution in [2.45, 2.75) is 73.2 Å². The minimum absolute atomic E-state index is 0. The Kier molecular flexibility index (Phi) is 27.7. The fourth-order valence-corrected chi connectivity index (χ4v) is 1.99. The summed E-state index contributed by atoms with van der Waals surface area (Å²) in [5, 5.41) is 160. The fraction of sp³-hybridized carbons (Fsp3) is 0.833. The molecule has 0 aliphatic heterocycles. The van der Waals surface area contributed by atoms with Gasteiger partial charge in [-0.2, -0.15) is 0 Å². The van der Waals surface area contributed by atoms with Crippen molar-refractivity contribution < 1.29 is 156 Å². The van der Waals surface area contributed by atoms with Crippen LogP contribution in [0.3, 0.4) is 0 Å². The van der Waals surface area contributed by atoms with Crippen molar-refractivity contribution in [3.63, 3.8) is 0 Å². The smallest absolute Gasteiger partial charge is 0.547 e. The van der Waals surface area contributed by atoms with Crippen molar-refractivity contribution in [2.24, 2.45) is 0 Å². The van der Waals surface area contributed by atoms with E-state index in [0.717, 1.165) is 0 Å². The number of hydrogen-bond acceptors (Lipinski definition) is 21. The Morgan fingerprint density at radius 3 is 0.650 bits per heavy atom. The summed E-state index contributed by atoms with van der Waals surface area (Å²) in [4.78, 5) is 29.9. The van der Waals surface area contributed by atoms with Crippen molar-refractivity contribution in [3.05, 3.63) is 0 Å². The van der Waals surface area contributed by atoms with Crippen LogP contribution < -0.4 is 15.3 Å². The Morgan fingerprint density at radius 2 is 0.550 bits per heavy atom. The maximum Gasteiger partial charge on any atom is 3.00 e. The Hall–Kier alpha value is -0.606. The van der Waals surface area contributed by atoms with Crippen LogP contribution in [0.25, 0.3) is 0 Å². The number of carboxylic acids is 3. The number of carbonyl (C=O) groups excluding carboxylic acids is 3. The first-order valence-electron chi connectivity index (χ1n) is 10.4. The zero-order chi connectivity index (χ0) is 31.8. The van der Waals surface area contributed by atoms with Gasteiger partial charge in [-0.05, 0) is 0 Å². The third-order valence-electron chi connectivity index (χ3n) is 4.49. The van der Waals surface area contributed by atoms with E-state index in [0.29, 0.717) is 0 Å². The molecule has 0 heterocycles. The summed E-state index contributed by atoms with van der Waals surface area (Å²) in [6.45, 7) is -2.59. The molecule has 0 bridgehead atoms. The van der Waals surface area contributed by atoms with Gasteiger partial charge in [-0.3, -0.25) is 0 Å². The predicted octanol–water partition coefficient (Wildman–Crippen LogP) is -14.5. The third-order valence-corrected chi connectivity index (χ3v) is 4.49. The van der Waals surface area contributed by atoms with E-state index >= 15 is 0 Å². The molecule has 0 saturated carbocycles. The zero-order valence-corrected chi connectivity index (χ0v) is 22.5. The maximum absolute atomic E-state index is 9.98. The van der Waals surface area contributed by atoms with Gasteiger partial charge in [0, 0.05) is 0 Å². The Morgan fingerprint density at radius 1 is 0.400 bits per heavy atom. The van der Waals surface area contributed by atoms with Gasteiger partial charge in [0.2, 0.25) is 0 Å². The quantitative estimate of drug-likeness (QED) is 0.0741. The minimum atomic E-state index is -2.31. The van der Waals surface area contributed by atoms with Gasteiger partial charge in [-0.1, -0.05) is 0 Å². The van der Waals surface area contributed by atoms with Gasteiger partial charge in [0.25, 0.3) is 0 Å². The fourth-order valence-electron chi connectivity index (χ4n) is 1.99. The van der Waals surface area contributed by atoms with Crippen molar-refractivity contribution >= 4 is 17.9 Å². The maximum atomic E-state index is 9.98. The molecule has 0 aromatic heterocycles. The number of aliphatic hydroxyl groups excluding tert-OH is 15. The van der Waals surface area contributed by atoms with Crippen molar-refractivity contribution in [3.8, 4) is 0 Å². The molecule has 21 nitrogen and oxygen atoms in total. The van der Waals surface area contributed by atoms with Gasteiger partial charge < -0.3 is 106 Å². The molecule has 22 heteroatoms. The molecule has 12 atom stereocenters. The van der Waals surface area contributed by atoms with Crippen LogP contribution in [-0.4, -0.2) is 188 Å². The van der Waals surface area contributed by atoms with E-state index in [1.54, 1.807) is 0 Å². The molecule has 0 aliphatic carbocycles. The Balaban J connectivity index is -0.000000240.